The summed E-state index contributed by atoms with van der Waals surface area (Å²) in [6, 6.07) is 8.07. The number of rotatable bonds is 8. The van der Waals surface area contributed by atoms with Crippen LogP contribution >= 0.6 is 0 Å². The summed E-state index contributed by atoms with van der Waals surface area (Å²) in [7, 11) is 6.05. The van der Waals surface area contributed by atoms with Crippen LogP contribution in [0.5, 0.6) is 23.0 Å². The van der Waals surface area contributed by atoms with Crippen molar-refractivity contribution in [2.24, 2.45) is 10.3 Å². The van der Waals surface area contributed by atoms with Crippen LogP contribution in [0.2, 0.25) is 0 Å². The van der Waals surface area contributed by atoms with E-state index in [1.165, 1.54) is 26.3 Å². The molecule has 3 heterocycles. The SMILES string of the molecule is COc1ccc(-c2noc(CN3N=N[C@@H]4C(=O)N(c5ccc(OC)c(OC)c5)C(=O)[C@@H]43)n2)c(OC)c1. The smallest absolute Gasteiger partial charge is 0.263 e. The summed E-state index contributed by atoms with van der Waals surface area (Å²) in [5, 5.41) is 13.4. The van der Waals surface area contributed by atoms with Gasteiger partial charge in [0.2, 0.25) is 11.7 Å². The second-order valence-corrected chi connectivity index (χ2v) is 7.82. The zero-order chi connectivity index (χ0) is 25.4. The van der Waals surface area contributed by atoms with Gasteiger partial charge in [0.25, 0.3) is 11.8 Å². The molecule has 5 rings (SSSR count). The Balaban J connectivity index is 1.36. The van der Waals surface area contributed by atoms with Crippen molar-refractivity contribution < 1.29 is 33.1 Å². The first-order valence-electron chi connectivity index (χ1n) is 10.8. The second kappa shape index (κ2) is 9.17. The normalized spacial score (nSPS) is 18.6. The Morgan fingerprint density at radius 2 is 1.67 bits per heavy atom. The minimum atomic E-state index is -0.977. The Morgan fingerprint density at radius 1 is 0.889 bits per heavy atom. The summed E-state index contributed by atoms with van der Waals surface area (Å²) in [5.74, 6) is 1.50. The van der Waals surface area contributed by atoms with Gasteiger partial charge < -0.3 is 23.5 Å². The Labute approximate surface area is 205 Å². The maximum Gasteiger partial charge on any atom is 0.263 e. The molecule has 2 aliphatic heterocycles. The van der Waals surface area contributed by atoms with Crippen LogP contribution in [0.1, 0.15) is 5.89 Å². The number of aromatic nitrogens is 2. The van der Waals surface area contributed by atoms with Crippen LogP contribution in [0, 0.1) is 0 Å². The third kappa shape index (κ3) is 3.74. The highest BCUT2D eigenvalue weighted by Crippen LogP contribution is 2.37. The van der Waals surface area contributed by atoms with Crippen LogP contribution in [-0.4, -0.2) is 67.5 Å². The number of methoxy groups -OCH3 is 4. The molecule has 1 aromatic heterocycles. The van der Waals surface area contributed by atoms with Crippen LogP contribution in [0.4, 0.5) is 5.69 Å². The zero-order valence-electron chi connectivity index (χ0n) is 19.9. The van der Waals surface area contributed by atoms with Crippen molar-refractivity contribution in [2.75, 3.05) is 33.3 Å². The first kappa shape index (κ1) is 23.1. The third-order valence-electron chi connectivity index (χ3n) is 5.90. The van der Waals surface area contributed by atoms with Crippen molar-refractivity contribution in [2.45, 2.75) is 18.6 Å². The van der Waals surface area contributed by atoms with E-state index in [-0.39, 0.29) is 18.3 Å². The quantitative estimate of drug-likeness (QED) is 0.428. The number of amides is 2. The summed E-state index contributed by atoms with van der Waals surface area (Å²) in [4.78, 5) is 31.8. The lowest BCUT2D eigenvalue weighted by molar-refractivity contribution is -0.123. The Kier molecular flexibility index (Phi) is 5.88. The van der Waals surface area contributed by atoms with Gasteiger partial charge in [0.15, 0.2) is 23.6 Å². The fourth-order valence-electron chi connectivity index (χ4n) is 4.12. The molecule has 0 unspecified atom stereocenters. The first-order valence-corrected chi connectivity index (χ1v) is 10.8. The molecule has 0 saturated carbocycles. The van der Waals surface area contributed by atoms with E-state index in [0.29, 0.717) is 34.2 Å². The van der Waals surface area contributed by atoms with Crippen molar-refractivity contribution in [3.8, 4) is 34.4 Å². The van der Waals surface area contributed by atoms with E-state index in [1.54, 1.807) is 43.5 Å². The number of anilines is 1. The van der Waals surface area contributed by atoms with Crippen molar-refractivity contribution >= 4 is 17.5 Å². The van der Waals surface area contributed by atoms with Gasteiger partial charge in [0.1, 0.15) is 18.0 Å². The van der Waals surface area contributed by atoms with Gasteiger partial charge in [-0.1, -0.05) is 10.4 Å². The van der Waals surface area contributed by atoms with Crippen molar-refractivity contribution in [1.82, 2.24) is 15.1 Å². The lowest BCUT2D eigenvalue weighted by Crippen LogP contribution is -2.39. The number of carbonyl (C=O) groups excluding carboxylic acids is 2. The van der Waals surface area contributed by atoms with Gasteiger partial charge in [-0.2, -0.15) is 10.1 Å². The molecule has 1 fully saturated rings. The van der Waals surface area contributed by atoms with Crippen molar-refractivity contribution in [1.29, 1.82) is 0 Å². The maximum atomic E-state index is 13.3. The van der Waals surface area contributed by atoms with Crippen LogP contribution < -0.4 is 23.8 Å². The first-order chi connectivity index (χ1) is 17.5. The monoisotopic (exact) mass is 494 g/mol. The maximum absolute atomic E-state index is 13.3. The van der Waals surface area contributed by atoms with Gasteiger partial charge in [0.05, 0.1) is 39.7 Å². The van der Waals surface area contributed by atoms with E-state index in [4.69, 9.17) is 23.5 Å². The number of ether oxygens (including phenoxy) is 4. The fraction of sp³-hybridized carbons (Fsp3) is 0.304. The molecular formula is C23H22N6O7. The molecule has 2 atom stereocenters. The summed E-state index contributed by atoms with van der Waals surface area (Å²) >= 11 is 0. The molecule has 13 heteroatoms. The van der Waals surface area contributed by atoms with Gasteiger partial charge in [-0.15, -0.1) is 0 Å². The number of fused-ring (bicyclic) bond motifs is 1. The highest BCUT2D eigenvalue weighted by Gasteiger charge is 2.55. The van der Waals surface area contributed by atoms with E-state index < -0.39 is 23.9 Å². The highest BCUT2D eigenvalue weighted by atomic mass is 16.5. The largest absolute Gasteiger partial charge is 0.497 e. The predicted octanol–water partition coefficient (Wildman–Crippen LogP) is 2.26. The number of imide groups is 1. The van der Waals surface area contributed by atoms with Crippen LogP contribution in [0.15, 0.2) is 51.3 Å². The molecule has 0 aliphatic carbocycles. The topological polar surface area (TPSA) is 141 Å². The molecular weight excluding hydrogens is 472 g/mol. The van der Waals surface area contributed by atoms with E-state index >= 15 is 0 Å². The third-order valence-corrected chi connectivity index (χ3v) is 5.90. The molecule has 3 aromatic rings. The van der Waals surface area contributed by atoms with Crippen LogP contribution in [0.25, 0.3) is 11.4 Å². The van der Waals surface area contributed by atoms with Gasteiger partial charge in [-0.05, 0) is 24.3 Å². The van der Waals surface area contributed by atoms with Gasteiger partial charge in [0, 0.05) is 12.1 Å². The number of benzene rings is 2. The van der Waals surface area contributed by atoms with E-state index in [1.807, 2.05) is 0 Å². The van der Waals surface area contributed by atoms with Gasteiger partial charge >= 0.3 is 0 Å². The van der Waals surface area contributed by atoms with Crippen LogP contribution in [0.3, 0.4) is 0 Å². The minimum absolute atomic E-state index is 0.0189. The number of hydrogen-bond acceptors (Lipinski definition) is 12. The molecule has 13 nitrogen and oxygen atoms in total. The summed E-state index contributed by atoms with van der Waals surface area (Å²) < 4.78 is 26.5. The molecule has 2 amide bonds. The molecule has 186 valence electrons. The molecule has 2 aliphatic rings. The summed E-state index contributed by atoms with van der Waals surface area (Å²) in [5.41, 5.74) is 0.944. The van der Waals surface area contributed by atoms with E-state index in [2.05, 4.69) is 20.5 Å². The lowest BCUT2D eigenvalue weighted by Gasteiger charge is -2.20. The average Bonchev–Trinajstić information content (AvgIpc) is 3.61. The van der Waals surface area contributed by atoms with E-state index in [9.17, 15) is 9.59 Å². The van der Waals surface area contributed by atoms with Gasteiger partial charge in [-0.3, -0.25) is 14.6 Å². The average molecular weight is 494 g/mol. The highest BCUT2D eigenvalue weighted by molar-refractivity contribution is 6.25. The lowest BCUT2D eigenvalue weighted by atomic mass is 10.1. The Bertz CT molecular complexity index is 1360. The van der Waals surface area contributed by atoms with E-state index in [0.717, 1.165) is 4.90 Å². The summed E-state index contributed by atoms with van der Waals surface area (Å²) in [6.07, 6.45) is 0. The molecule has 0 spiro atoms. The molecule has 0 radical (unpaired) electrons. The second-order valence-electron chi connectivity index (χ2n) is 7.82. The number of carbonyl (C=O) groups is 2. The minimum Gasteiger partial charge on any atom is -0.497 e. The van der Waals surface area contributed by atoms with Crippen LogP contribution in [-0.2, 0) is 16.1 Å². The standard InChI is InChI=1S/C23H22N6O7/c1-32-13-6-7-14(16(10-13)34-3)21-24-18(36-26-21)11-28-20-19(25-27-28)22(30)29(23(20)31)12-5-8-15(33-2)17(9-12)35-4/h5-10,19-20H,11H2,1-4H3/t19-,20+/m0/s1. The molecule has 2 aromatic carbocycles. The molecule has 1 saturated heterocycles. The van der Waals surface area contributed by atoms with Crippen molar-refractivity contribution in [3.05, 3.63) is 42.3 Å². The predicted molar refractivity (Wildman–Crippen MR) is 123 cm³/mol. The molecule has 0 N–H and O–H groups in total. The molecule has 0 bridgehead atoms. The van der Waals surface area contributed by atoms with Gasteiger partial charge in [-0.25, -0.2) is 4.90 Å². The molecule has 36 heavy (non-hydrogen) atoms. The van der Waals surface area contributed by atoms with Crippen molar-refractivity contribution in [3.63, 3.8) is 0 Å². The Hall–Kier alpha value is -4.68. The Morgan fingerprint density at radius 3 is 2.39 bits per heavy atom. The number of hydrogen-bond donors (Lipinski definition) is 0. The zero-order valence-corrected chi connectivity index (χ0v) is 19.9. The summed E-state index contributed by atoms with van der Waals surface area (Å²) in [6.45, 7) is -0.0189. The fourth-order valence-corrected chi connectivity index (χ4v) is 4.12. The number of nitrogens with zero attached hydrogens (tertiary/aromatic N) is 6.